The van der Waals surface area contributed by atoms with Crippen molar-refractivity contribution in [2.75, 3.05) is 65.4 Å². The summed E-state index contributed by atoms with van der Waals surface area (Å²) in [5.41, 5.74) is 2.45. The molecule has 6 heterocycles. The Morgan fingerprint density at radius 2 is 1.85 bits per heavy atom. The fourth-order valence-corrected chi connectivity index (χ4v) is 13.4. The molecule has 324 valence electrons. The van der Waals surface area contributed by atoms with E-state index in [2.05, 4.69) is 87.9 Å². The first-order valence-corrected chi connectivity index (χ1v) is 22.0. The lowest BCUT2D eigenvalue weighted by molar-refractivity contribution is -0.217. The maximum atomic E-state index is 15.4. The molecule has 5 aliphatic heterocycles. The monoisotopic (exact) mass is 831 g/mol. The number of likely N-dealkylation sites (N-methyl/N-ethyl adjacent to an activating group) is 1. The molecule has 9 atom stereocenters. The van der Waals surface area contributed by atoms with Crippen LogP contribution in [0.3, 0.4) is 0 Å². The second-order valence-corrected chi connectivity index (χ2v) is 18.6. The molecule has 1 saturated carbocycles. The first kappa shape index (κ1) is 41.4. The molecule has 0 radical (unpaired) electrons. The first-order chi connectivity index (χ1) is 29.2. The van der Waals surface area contributed by atoms with Gasteiger partial charge in [0.05, 0.1) is 26.8 Å². The third kappa shape index (κ3) is 5.77. The second-order valence-electron chi connectivity index (χ2n) is 18.6. The Bertz CT molecular complexity index is 2390. The number of nitrogens with zero attached hydrogens (tertiary/aromatic N) is 3. The Hall–Kier alpha value is -4.91. The summed E-state index contributed by atoms with van der Waals surface area (Å²) in [6.07, 6.45) is 9.04. The molecule has 2 aromatic carbocycles. The normalized spacial score (nSPS) is 33.5. The first-order valence-electron chi connectivity index (χ1n) is 22.0. The molecule has 61 heavy (non-hydrogen) atoms. The number of hydrogen-bond donors (Lipinski definition) is 3. The van der Waals surface area contributed by atoms with Crippen molar-refractivity contribution in [1.29, 1.82) is 0 Å². The Balaban J connectivity index is 1.35. The largest absolute Gasteiger partial charge is 0.496 e. The Morgan fingerprint density at radius 3 is 2.56 bits per heavy atom. The van der Waals surface area contributed by atoms with Gasteiger partial charge in [0.2, 0.25) is 5.91 Å². The van der Waals surface area contributed by atoms with Crippen LogP contribution in [0, 0.1) is 11.3 Å². The summed E-state index contributed by atoms with van der Waals surface area (Å²) in [5, 5.41) is 17.8. The summed E-state index contributed by atoms with van der Waals surface area (Å²) >= 11 is 0. The molecule has 12 heteroatoms. The van der Waals surface area contributed by atoms with Gasteiger partial charge >= 0.3 is 11.9 Å². The highest BCUT2D eigenvalue weighted by Crippen LogP contribution is 2.68. The summed E-state index contributed by atoms with van der Waals surface area (Å²) in [6.45, 7) is 15.0. The summed E-state index contributed by atoms with van der Waals surface area (Å²) in [7, 11) is 5.12. The van der Waals surface area contributed by atoms with Gasteiger partial charge in [0.15, 0.2) is 0 Å². The number of para-hydroxylation sites is 1. The number of nitrogens with one attached hydrogen (secondary N) is 2. The van der Waals surface area contributed by atoms with Crippen molar-refractivity contribution in [3.63, 3.8) is 0 Å². The van der Waals surface area contributed by atoms with Crippen LogP contribution in [0.15, 0.2) is 72.4 Å². The fraction of sp³-hybridized carbons (Fsp3) is 0.531. The van der Waals surface area contributed by atoms with Crippen LogP contribution in [0.4, 0.5) is 5.69 Å². The number of hydrogen-bond acceptors (Lipinski definition) is 10. The number of aromatic nitrogens is 1. The van der Waals surface area contributed by atoms with Crippen LogP contribution in [0.1, 0.15) is 75.8 Å². The number of rotatable bonds is 9. The van der Waals surface area contributed by atoms with Gasteiger partial charge in [0.25, 0.3) is 0 Å². The van der Waals surface area contributed by atoms with E-state index in [0.717, 1.165) is 78.0 Å². The maximum Gasteiger partial charge on any atom is 0.322 e. The molecule has 12 nitrogen and oxygen atoms in total. The second kappa shape index (κ2) is 14.9. The predicted octanol–water partition coefficient (Wildman–Crippen LogP) is 5.32. The van der Waals surface area contributed by atoms with Crippen LogP contribution in [-0.2, 0) is 41.1 Å². The number of amides is 1. The molecule has 3 unspecified atom stereocenters. The number of ether oxygens (including phenoxy) is 3. The van der Waals surface area contributed by atoms with E-state index in [1.54, 1.807) is 14.0 Å². The Morgan fingerprint density at radius 1 is 1.07 bits per heavy atom. The quantitative estimate of drug-likeness (QED) is 0.148. The number of anilines is 1. The van der Waals surface area contributed by atoms with Crippen molar-refractivity contribution in [3.8, 4) is 5.75 Å². The van der Waals surface area contributed by atoms with Gasteiger partial charge in [-0.1, -0.05) is 62.4 Å². The third-order valence-electron chi connectivity index (χ3n) is 15.6. The average Bonchev–Trinajstić information content (AvgIpc) is 3.92. The van der Waals surface area contributed by atoms with Crippen LogP contribution >= 0.6 is 0 Å². The highest BCUT2D eigenvalue weighted by atomic mass is 16.6. The fourth-order valence-electron chi connectivity index (χ4n) is 13.4. The highest BCUT2D eigenvalue weighted by molar-refractivity contribution is 5.95. The van der Waals surface area contributed by atoms with Crippen molar-refractivity contribution in [3.05, 3.63) is 94.7 Å². The molecule has 1 amide bonds. The number of carbonyl (C=O) groups excluding carboxylic acids is 3. The molecule has 6 aliphatic rings. The number of aliphatic hydroxyl groups is 1. The number of aromatic amines is 1. The van der Waals surface area contributed by atoms with Crippen LogP contribution in [0.2, 0.25) is 0 Å². The van der Waals surface area contributed by atoms with Crippen LogP contribution in [0.5, 0.6) is 5.75 Å². The van der Waals surface area contributed by atoms with E-state index in [-0.39, 0.29) is 30.4 Å². The van der Waals surface area contributed by atoms with Gasteiger partial charge in [0, 0.05) is 96.5 Å². The van der Waals surface area contributed by atoms with Gasteiger partial charge in [-0.3, -0.25) is 24.2 Å². The number of benzene rings is 2. The Labute approximate surface area is 358 Å². The summed E-state index contributed by atoms with van der Waals surface area (Å²) in [6, 6.07) is 11.7. The van der Waals surface area contributed by atoms with Gasteiger partial charge < -0.3 is 34.5 Å². The number of carbonyl (C=O) groups is 3. The standard InChI is InChI=1S/C49H61N5O7/c1-9-31-22-32-25-48(45(57)60-8,40-34(16-20-53(26-31)27-32)33-14-11-12-15-37(33)51-40)36-23-35-38(24-39(36)59-7)52(6)43-47(35)18-21-54-19-13-17-46(10-2,42(47)54)44(61-30(5)55)49(43,58)28-50-41(56)29(3)4/h11-15,17,22-24,32,42-44,51,58H,3,9-10,16,18-21,25-28H2,1-2,4-8H3,(H,50,56)/t32-,42?,43+,44+,46+,47+,48-,49?/m0/s1. The number of methoxy groups -OCH3 is 2. The molecule has 2 fully saturated rings. The van der Waals surface area contributed by atoms with Crippen LogP contribution in [0.25, 0.3) is 10.9 Å². The van der Waals surface area contributed by atoms with E-state index in [1.165, 1.54) is 19.6 Å². The minimum Gasteiger partial charge on any atom is -0.496 e. The maximum absolute atomic E-state index is 15.4. The molecule has 1 aromatic heterocycles. The van der Waals surface area contributed by atoms with Crippen molar-refractivity contribution >= 4 is 34.4 Å². The zero-order valence-electron chi connectivity index (χ0n) is 36.7. The molecule has 1 aliphatic carbocycles. The summed E-state index contributed by atoms with van der Waals surface area (Å²) in [4.78, 5) is 52.8. The average molecular weight is 832 g/mol. The Kier molecular flexibility index (Phi) is 10.1. The SMILES string of the molecule is C=C(C)C(=O)NCC1(O)[C@H](OC(C)=O)[C@]2(CC)C=CCN3CC[C@@]4(c5cc([C@@]6(C(=O)OC)C[C@@H]7C=C(CC)CN(CCc8c6[nH]c6ccccc86)C7)c(OC)cc5N(C)[C@@H]14)C32. The predicted molar refractivity (Wildman–Crippen MR) is 235 cm³/mol. The van der Waals surface area contributed by atoms with E-state index in [1.807, 2.05) is 19.2 Å². The third-order valence-corrected chi connectivity index (χ3v) is 15.6. The van der Waals surface area contributed by atoms with E-state index in [9.17, 15) is 14.7 Å². The molecular weight excluding hydrogens is 771 g/mol. The molecule has 3 N–H and O–H groups in total. The lowest BCUT2D eigenvalue weighted by Crippen LogP contribution is -2.81. The van der Waals surface area contributed by atoms with Crippen molar-refractivity contribution in [2.45, 2.75) is 94.4 Å². The smallest absolute Gasteiger partial charge is 0.322 e. The van der Waals surface area contributed by atoms with Gasteiger partial charge in [-0.2, -0.15) is 0 Å². The lowest BCUT2D eigenvalue weighted by atomic mass is 9.47. The molecule has 2 bridgehead atoms. The zero-order valence-corrected chi connectivity index (χ0v) is 36.7. The topological polar surface area (TPSA) is 137 Å². The van der Waals surface area contributed by atoms with E-state index < -0.39 is 40.0 Å². The van der Waals surface area contributed by atoms with E-state index >= 15 is 4.79 Å². The van der Waals surface area contributed by atoms with Gasteiger partial charge in [-0.15, -0.1) is 0 Å². The van der Waals surface area contributed by atoms with Crippen molar-refractivity contribution < 1.29 is 33.7 Å². The van der Waals surface area contributed by atoms with Gasteiger partial charge in [-0.05, 0) is 74.8 Å². The van der Waals surface area contributed by atoms with E-state index in [0.29, 0.717) is 37.1 Å². The number of fused-ring (bicyclic) bond motifs is 6. The van der Waals surface area contributed by atoms with Gasteiger partial charge in [0.1, 0.15) is 22.9 Å². The van der Waals surface area contributed by atoms with Crippen LogP contribution in [-0.4, -0.2) is 122 Å². The summed E-state index contributed by atoms with van der Waals surface area (Å²) < 4.78 is 18.8. The molecular formula is C49H61N5O7. The van der Waals surface area contributed by atoms with Crippen LogP contribution < -0.4 is 15.0 Å². The number of H-pyrrole nitrogens is 1. The lowest BCUT2D eigenvalue weighted by Gasteiger charge is -2.64. The minimum atomic E-state index is -1.78. The molecule has 1 saturated heterocycles. The molecule has 9 rings (SSSR count). The highest BCUT2D eigenvalue weighted by Gasteiger charge is 2.78. The van der Waals surface area contributed by atoms with Crippen molar-refractivity contribution in [2.24, 2.45) is 11.3 Å². The number of esters is 2. The molecule has 1 spiro atoms. The molecule has 3 aromatic rings. The summed E-state index contributed by atoms with van der Waals surface area (Å²) in [5.74, 6) is -0.679. The van der Waals surface area contributed by atoms with Crippen molar-refractivity contribution in [1.82, 2.24) is 20.1 Å². The van der Waals surface area contributed by atoms with Gasteiger partial charge in [-0.25, -0.2) is 0 Å². The minimum absolute atomic E-state index is 0.0334. The van der Waals surface area contributed by atoms with E-state index in [4.69, 9.17) is 14.2 Å². The zero-order chi connectivity index (χ0) is 43.2.